The van der Waals surface area contributed by atoms with Gasteiger partial charge in [-0.2, -0.15) is 0 Å². The number of carbonyl (C=O) groups is 1. The Morgan fingerprint density at radius 3 is 2.64 bits per heavy atom. The summed E-state index contributed by atoms with van der Waals surface area (Å²) in [4.78, 5) is 12.1. The first-order valence-electron chi connectivity index (χ1n) is 7.39. The van der Waals surface area contributed by atoms with Gasteiger partial charge < -0.3 is 10.6 Å². The molecule has 0 aliphatic rings. The van der Waals surface area contributed by atoms with Gasteiger partial charge in [0.25, 0.3) is 0 Å². The second kappa shape index (κ2) is 7.45. The van der Waals surface area contributed by atoms with Crippen LogP contribution in [0.25, 0.3) is 0 Å². The first-order chi connectivity index (χ1) is 10.5. The summed E-state index contributed by atoms with van der Waals surface area (Å²) in [5.41, 5.74) is 5.38. The molecule has 0 radical (unpaired) electrons. The lowest BCUT2D eigenvalue weighted by Gasteiger charge is -2.14. The zero-order valence-corrected chi connectivity index (χ0v) is 14.8. The highest BCUT2D eigenvalue weighted by Crippen LogP contribution is 2.24. The first-order valence-corrected chi connectivity index (χ1v) is 8.19. The minimum atomic E-state index is -0.0603. The van der Waals surface area contributed by atoms with Gasteiger partial charge in [-0.1, -0.05) is 31.2 Å². The third kappa shape index (κ3) is 4.10. The van der Waals surface area contributed by atoms with Gasteiger partial charge in [0.05, 0.1) is 12.2 Å². The van der Waals surface area contributed by atoms with E-state index in [1.165, 1.54) is 5.56 Å². The number of halogens is 1. The fraction of sp³-hybridized carbons (Fsp3) is 0.278. The van der Waals surface area contributed by atoms with Crippen molar-refractivity contribution in [2.75, 3.05) is 17.2 Å². The van der Waals surface area contributed by atoms with Crippen LogP contribution in [0.2, 0.25) is 0 Å². The molecule has 0 atom stereocenters. The number of carbonyl (C=O) groups excluding carboxylic acids is 1. The summed E-state index contributed by atoms with van der Waals surface area (Å²) in [5.74, 6) is -0.0603. The van der Waals surface area contributed by atoms with Crippen LogP contribution in [0.5, 0.6) is 0 Å². The predicted molar refractivity (Wildman–Crippen MR) is 96.6 cm³/mol. The summed E-state index contributed by atoms with van der Waals surface area (Å²) >= 11 is 3.47. The highest BCUT2D eigenvalue weighted by Gasteiger charge is 2.08. The molecule has 4 heteroatoms. The molecule has 0 fully saturated rings. The number of aryl methyl sites for hydroxylation is 3. The van der Waals surface area contributed by atoms with Crippen LogP contribution in [0.4, 0.5) is 11.4 Å². The predicted octanol–water partition coefficient (Wildman–Crippen LogP) is 4.68. The van der Waals surface area contributed by atoms with Gasteiger partial charge >= 0.3 is 0 Å². The first kappa shape index (κ1) is 16.6. The number of hydrogen-bond acceptors (Lipinski definition) is 2. The van der Waals surface area contributed by atoms with Crippen LogP contribution in [0.3, 0.4) is 0 Å². The lowest BCUT2D eigenvalue weighted by molar-refractivity contribution is -0.114. The summed E-state index contributed by atoms with van der Waals surface area (Å²) in [5, 5.41) is 6.17. The minimum Gasteiger partial charge on any atom is -0.376 e. The molecule has 0 saturated carbocycles. The molecule has 116 valence electrons. The monoisotopic (exact) mass is 360 g/mol. The summed E-state index contributed by atoms with van der Waals surface area (Å²) in [6.45, 7) is 6.43. The van der Waals surface area contributed by atoms with Crippen molar-refractivity contribution in [3.63, 3.8) is 0 Å². The number of rotatable bonds is 5. The summed E-state index contributed by atoms with van der Waals surface area (Å²) < 4.78 is 0.894. The second-order valence-electron chi connectivity index (χ2n) is 5.35. The molecule has 0 aliphatic heterocycles. The maximum absolute atomic E-state index is 12.1. The average molecular weight is 361 g/mol. The van der Waals surface area contributed by atoms with Crippen LogP contribution >= 0.6 is 15.9 Å². The number of para-hydroxylation sites is 1. The molecule has 3 nitrogen and oxygen atoms in total. The second-order valence-corrected chi connectivity index (χ2v) is 6.20. The Balaban J connectivity index is 2.02. The molecular weight excluding hydrogens is 340 g/mol. The van der Waals surface area contributed by atoms with E-state index in [0.29, 0.717) is 0 Å². The van der Waals surface area contributed by atoms with Gasteiger partial charge in [0.2, 0.25) is 5.91 Å². The summed E-state index contributed by atoms with van der Waals surface area (Å²) in [6.07, 6.45) is 0.940. The van der Waals surface area contributed by atoms with E-state index in [2.05, 4.69) is 52.5 Å². The molecule has 0 saturated heterocycles. The van der Waals surface area contributed by atoms with Gasteiger partial charge in [-0.25, -0.2) is 0 Å². The van der Waals surface area contributed by atoms with E-state index in [9.17, 15) is 4.79 Å². The molecular formula is C18H21BrN2O. The van der Waals surface area contributed by atoms with Gasteiger partial charge in [-0.3, -0.25) is 4.79 Å². The third-order valence-corrected chi connectivity index (χ3v) is 4.22. The number of hydrogen-bond donors (Lipinski definition) is 2. The molecule has 2 aromatic rings. The highest BCUT2D eigenvalue weighted by molar-refractivity contribution is 9.10. The van der Waals surface area contributed by atoms with Crippen molar-refractivity contribution >= 4 is 33.2 Å². The van der Waals surface area contributed by atoms with Gasteiger partial charge in [-0.05, 0) is 65.0 Å². The van der Waals surface area contributed by atoms with Gasteiger partial charge in [0.1, 0.15) is 0 Å². The topological polar surface area (TPSA) is 41.1 Å². The van der Waals surface area contributed by atoms with E-state index in [0.717, 1.165) is 33.4 Å². The maximum Gasteiger partial charge on any atom is 0.243 e. The lowest BCUT2D eigenvalue weighted by Crippen LogP contribution is -2.22. The van der Waals surface area contributed by atoms with Crippen molar-refractivity contribution in [1.82, 2.24) is 0 Å². The Bertz CT molecular complexity index is 683. The Kier molecular flexibility index (Phi) is 5.61. The normalized spacial score (nSPS) is 10.4. The molecule has 1 amide bonds. The Morgan fingerprint density at radius 1 is 1.18 bits per heavy atom. The molecule has 0 aromatic heterocycles. The van der Waals surface area contributed by atoms with Crippen LogP contribution in [0, 0.1) is 13.8 Å². The Morgan fingerprint density at radius 2 is 1.95 bits per heavy atom. The quantitative estimate of drug-likeness (QED) is 0.812. The van der Waals surface area contributed by atoms with Gasteiger partial charge in [0, 0.05) is 10.2 Å². The third-order valence-electron chi connectivity index (χ3n) is 3.56. The average Bonchev–Trinajstić information content (AvgIpc) is 2.48. The fourth-order valence-corrected chi connectivity index (χ4v) is 2.95. The van der Waals surface area contributed by atoms with Crippen LogP contribution in [-0.2, 0) is 11.2 Å². The van der Waals surface area contributed by atoms with Gasteiger partial charge in [0.15, 0.2) is 0 Å². The van der Waals surface area contributed by atoms with Crippen LogP contribution in [0.1, 0.15) is 23.6 Å². The summed E-state index contributed by atoms with van der Waals surface area (Å²) in [7, 11) is 0. The SMILES string of the molecule is CCc1cccc(C)c1NCC(=O)Nc1ccc(C)cc1Br. The molecule has 2 aromatic carbocycles. The lowest BCUT2D eigenvalue weighted by atomic mass is 10.1. The van der Waals surface area contributed by atoms with E-state index in [1.54, 1.807) is 0 Å². The molecule has 0 aliphatic carbocycles. The molecule has 0 bridgehead atoms. The van der Waals surface area contributed by atoms with Crippen molar-refractivity contribution in [1.29, 1.82) is 0 Å². The standard InChI is InChI=1S/C18H21BrN2O/c1-4-14-7-5-6-13(3)18(14)20-11-17(22)21-16-9-8-12(2)10-15(16)19/h5-10,20H,4,11H2,1-3H3,(H,21,22). The summed E-state index contributed by atoms with van der Waals surface area (Å²) in [6, 6.07) is 12.1. The molecule has 2 rings (SSSR count). The zero-order valence-electron chi connectivity index (χ0n) is 13.2. The van der Waals surface area contributed by atoms with E-state index in [-0.39, 0.29) is 12.5 Å². The van der Waals surface area contributed by atoms with Crippen molar-refractivity contribution in [2.24, 2.45) is 0 Å². The van der Waals surface area contributed by atoms with E-state index in [1.807, 2.05) is 31.2 Å². The van der Waals surface area contributed by atoms with E-state index < -0.39 is 0 Å². The fourth-order valence-electron chi connectivity index (χ4n) is 2.36. The van der Waals surface area contributed by atoms with Crippen LogP contribution < -0.4 is 10.6 Å². The van der Waals surface area contributed by atoms with Crippen molar-refractivity contribution in [3.8, 4) is 0 Å². The zero-order chi connectivity index (χ0) is 16.1. The van der Waals surface area contributed by atoms with Crippen LogP contribution in [-0.4, -0.2) is 12.5 Å². The van der Waals surface area contributed by atoms with Crippen molar-refractivity contribution < 1.29 is 4.79 Å². The number of nitrogens with one attached hydrogen (secondary N) is 2. The molecule has 22 heavy (non-hydrogen) atoms. The number of anilines is 2. The molecule has 2 N–H and O–H groups in total. The highest BCUT2D eigenvalue weighted by atomic mass is 79.9. The Hall–Kier alpha value is -1.81. The Labute approximate surface area is 140 Å². The van der Waals surface area contributed by atoms with Gasteiger partial charge in [-0.15, -0.1) is 0 Å². The largest absolute Gasteiger partial charge is 0.376 e. The van der Waals surface area contributed by atoms with Crippen LogP contribution in [0.15, 0.2) is 40.9 Å². The van der Waals surface area contributed by atoms with E-state index >= 15 is 0 Å². The van der Waals surface area contributed by atoms with E-state index in [4.69, 9.17) is 0 Å². The van der Waals surface area contributed by atoms with Crippen molar-refractivity contribution in [3.05, 3.63) is 57.6 Å². The molecule has 0 spiro atoms. The minimum absolute atomic E-state index is 0.0603. The smallest absolute Gasteiger partial charge is 0.243 e. The maximum atomic E-state index is 12.1. The molecule has 0 unspecified atom stereocenters. The molecule has 0 heterocycles. The number of amides is 1. The van der Waals surface area contributed by atoms with Crippen molar-refractivity contribution in [2.45, 2.75) is 27.2 Å². The number of benzene rings is 2.